The van der Waals surface area contributed by atoms with E-state index < -0.39 is 0 Å². The van der Waals surface area contributed by atoms with Gasteiger partial charge in [0.2, 0.25) is 5.95 Å². The summed E-state index contributed by atoms with van der Waals surface area (Å²) in [6.07, 6.45) is 7.95. The van der Waals surface area contributed by atoms with E-state index in [1.54, 1.807) is 16.8 Å². The Hall–Kier alpha value is -3.28. The summed E-state index contributed by atoms with van der Waals surface area (Å²) < 4.78 is 1.73. The van der Waals surface area contributed by atoms with Gasteiger partial charge in [0.25, 0.3) is 5.56 Å². The van der Waals surface area contributed by atoms with Crippen LogP contribution in [0.5, 0.6) is 0 Å². The Balaban J connectivity index is 1.40. The Kier molecular flexibility index (Phi) is 6.57. The second-order valence-corrected chi connectivity index (χ2v) is 9.35. The third-order valence-electron chi connectivity index (χ3n) is 7.04. The largest absolute Gasteiger partial charge is 0.324 e. The molecule has 0 amide bonds. The average Bonchev–Trinajstić information content (AvgIpc) is 3.38. The molecule has 1 aliphatic heterocycles. The van der Waals surface area contributed by atoms with Crippen LogP contribution in [-0.2, 0) is 13.0 Å². The minimum absolute atomic E-state index is 0.0887. The molecule has 3 aromatic rings. The van der Waals surface area contributed by atoms with Crippen LogP contribution in [0.15, 0.2) is 35.3 Å². The highest BCUT2D eigenvalue weighted by Gasteiger charge is 2.23. The Morgan fingerprint density at radius 1 is 1.21 bits per heavy atom. The van der Waals surface area contributed by atoms with E-state index in [9.17, 15) is 10.1 Å². The number of aromatic nitrogens is 3. The quantitative estimate of drug-likeness (QED) is 0.524. The monoisotopic (exact) mass is 457 g/mol. The number of pyridine rings is 1. The number of hydrogen-bond donors (Lipinski definition) is 2. The van der Waals surface area contributed by atoms with E-state index in [0.29, 0.717) is 11.6 Å². The van der Waals surface area contributed by atoms with E-state index in [1.807, 2.05) is 13.1 Å². The molecule has 0 bridgehead atoms. The van der Waals surface area contributed by atoms with Crippen LogP contribution < -0.4 is 16.2 Å². The van der Waals surface area contributed by atoms with E-state index in [1.165, 1.54) is 11.1 Å². The standard InChI is InChI=1S/C26H31N7O/c1-28-10-4-11-32-12-9-18-14-22(8-7-19(18)17-32)30-26-29-16-21-13-20(15-27)25(34)33(24(21)31-26)23-5-2-3-6-23/h7-8,13-14,16,23,28H,2-6,9-12,17H2,1H3,(H,29,30,31). The minimum atomic E-state index is -0.250. The number of anilines is 2. The topological polar surface area (TPSA) is 98.9 Å². The molecule has 5 rings (SSSR count). The lowest BCUT2D eigenvalue weighted by Gasteiger charge is -2.29. The number of nitrogens with zero attached hydrogens (tertiary/aromatic N) is 5. The van der Waals surface area contributed by atoms with Crippen LogP contribution in [0, 0.1) is 11.3 Å². The Morgan fingerprint density at radius 3 is 2.85 bits per heavy atom. The molecule has 1 fully saturated rings. The maximum absolute atomic E-state index is 13.0. The number of rotatable bonds is 7. The summed E-state index contributed by atoms with van der Waals surface area (Å²) >= 11 is 0. The lowest BCUT2D eigenvalue weighted by Crippen LogP contribution is -2.32. The van der Waals surface area contributed by atoms with Crippen molar-refractivity contribution in [2.45, 2.75) is 51.1 Å². The highest BCUT2D eigenvalue weighted by molar-refractivity contribution is 5.77. The lowest BCUT2D eigenvalue weighted by atomic mass is 9.99. The van der Waals surface area contributed by atoms with Gasteiger partial charge in [-0.15, -0.1) is 0 Å². The second kappa shape index (κ2) is 9.92. The van der Waals surface area contributed by atoms with Crippen molar-refractivity contribution in [1.82, 2.24) is 24.8 Å². The summed E-state index contributed by atoms with van der Waals surface area (Å²) in [5.41, 5.74) is 4.18. The molecule has 2 N–H and O–H groups in total. The SMILES string of the molecule is CNCCCN1CCc2cc(Nc3ncc4cc(C#N)c(=O)n(C5CCCC5)c4n3)ccc2C1. The normalized spacial score (nSPS) is 16.5. The van der Waals surface area contributed by atoms with E-state index >= 15 is 0 Å². The molecule has 176 valence electrons. The molecule has 34 heavy (non-hydrogen) atoms. The molecular formula is C26H31N7O. The molecule has 1 aromatic carbocycles. The fraction of sp³-hybridized carbons (Fsp3) is 0.462. The maximum Gasteiger partial charge on any atom is 0.270 e. The number of nitrogens with one attached hydrogen (secondary N) is 2. The van der Waals surface area contributed by atoms with Gasteiger partial charge in [0, 0.05) is 36.4 Å². The fourth-order valence-electron chi connectivity index (χ4n) is 5.25. The number of hydrogen-bond acceptors (Lipinski definition) is 7. The first-order valence-corrected chi connectivity index (χ1v) is 12.2. The summed E-state index contributed by atoms with van der Waals surface area (Å²) in [5.74, 6) is 0.466. The summed E-state index contributed by atoms with van der Waals surface area (Å²) in [6, 6.07) is 10.2. The van der Waals surface area contributed by atoms with Crippen LogP contribution in [0.4, 0.5) is 11.6 Å². The maximum atomic E-state index is 13.0. The van der Waals surface area contributed by atoms with Crippen molar-refractivity contribution in [2.24, 2.45) is 0 Å². The Labute approximate surface area is 199 Å². The molecular weight excluding hydrogens is 426 g/mol. The molecule has 0 radical (unpaired) electrons. The van der Waals surface area contributed by atoms with Gasteiger partial charge < -0.3 is 10.6 Å². The molecule has 0 saturated heterocycles. The van der Waals surface area contributed by atoms with Gasteiger partial charge in [-0.25, -0.2) is 4.98 Å². The van der Waals surface area contributed by atoms with E-state index in [4.69, 9.17) is 4.98 Å². The Bertz CT molecular complexity index is 1290. The predicted octanol–water partition coefficient (Wildman–Crippen LogP) is 3.49. The van der Waals surface area contributed by atoms with Crippen molar-refractivity contribution >= 4 is 22.7 Å². The molecule has 1 saturated carbocycles. The third kappa shape index (κ3) is 4.54. The second-order valence-electron chi connectivity index (χ2n) is 9.35. The summed E-state index contributed by atoms with van der Waals surface area (Å²) in [4.78, 5) is 24.7. The van der Waals surface area contributed by atoms with Crippen molar-refractivity contribution < 1.29 is 0 Å². The first-order valence-electron chi connectivity index (χ1n) is 12.2. The van der Waals surface area contributed by atoms with E-state index in [0.717, 1.165) is 75.8 Å². The molecule has 8 heteroatoms. The van der Waals surface area contributed by atoms with Crippen molar-refractivity contribution in [3.63, 3.8) is 0 Å². The molecule has 3 heterocycles. The zero-order chi connectivity index (χ0) is 23.5. The van der Waals surface area contributed by atoms with Gasteiger partial charge in [0.05, 0.1) is 0 Å². The zero-order valence-corrected chi connectivity index (χ0v) is 19.7. The fourth-order valence-corrected chi connectivity index (χ4v) is 5.25. The zero-order valence-electron chi connectivity index (χ0n) is 19.7. The number of benzene rings is 1. The van der Waals surface area contributed by atoms with Gasteiger partial charge in [0.15, 0.2) is 0 Å². The van der Waals surface area contributed by atoms with E-state index in [2.05, 4.69) is 38.7 Å². The highest BCUT2D eigenvalue weighted by atomic mass is 16.1. The van der Waals surface area contributed by atoms with Crippen LogP contribution in [0.2, 0.25) is 0 Å². The molecule has 0 unspecified atom stereocenters. The summed E-state index contributed by atoms with van der Waals surface area (Å²) in [6.45, 7) is 4.22. The van der Waals surface area contributed by atoms with Crippen molar-refractivity contribution in [1.29, 1.82) is 5.26 Å². The van der Waals surface area contributed by atoms with Crippen LogP contribution >= 0.6 is 0 Å². The molecule has 8 nitrogen and oxygen atoms in total. The van der Waals surface area contributed by atoms with Crippen LogP contribution in [0.1, 0.15) is 54.8 Å². The molecule has 0 spiro atoms. The van der Waals surface area contributed by atoms with Crippen molar-refractivity contribution in [3.05, 3.63) is 57.5 Å². The van der Waals surface area contributed by atoms with Crippen LogP contribution in [0.25, 0.3) is 11.0 Å². The lowest BCUT2D eigenvalue weighted by molar-refractivity contribution is 0.251. The van der Waals surface area contributed by atoms with Gasteiger partial charge in [-0.3, -0.25) is 14.3 Å². The predicted molar refractivity (Wildman–Crippen MR) is 133 cm³/mol. The number of nitriles is 1. The van der Waals surface area contributed by atoms with E-state index in [-0.39, 0.29) is 17.2 Å². The third-order valence-corrected chi connectivity index (χ3v) is 7.04. The smallest absolute Gasteiger partial charge is 0.270 e. The van der Waals surface area contributed by atoms with Crippen molar-refractivity contribution in [2.75, 3.05) is 32.0 Å². The average molecular weight is 458 g/mol. The van der Waals surface area contributed by atoms with Crippen LogP contribution in [-0.4, -0.2) is 46.1 Å². The first-order chi connectivity index (χ1) is 16.7. The molecule has 2 aliphatic rings. The first kappa shape index (κ1) is 22.5. The molecule has 2 aromatic heterocycles. The van der Waals surface area contributed by atoms with Gasteiger partial charge in [0.1, 0.15) is 17.3 Å². The number of fused-ring (bicyclic) bond motifs is 2. The van der Waals surface area contributed by atoms with Crippen molar-refractivity contribution in [3.8, 4) is 6.07 Å². The minimum Gasteiger partial charge on any atom is -0.324 e. The van der Waals surface area contributed by atoms with Gasteiger partial charge in [-0.05, 0) is 75.1 Å². The summed E-state index contributed by atoms with van der Waals surface area (Å²) in [7, 11) is 2.00. The van der Waals surface area contributed by atoms with Crippen LogP contribution in [0.3, 0.4) is 0 Å². The Morgan fingerprint density at radius 2 is 2.06 bits per heavy atom. The summed E-state index contributed by atoms with van der Waals surface area (Å²) in [5, 5.41) is 16.7. The van der Waals surface area contributed by atoms with Gasteiger partial charge >= 0.3 is 0 Å². The highest BCUT2D eigenvalue weighted by Crippen LogP contribution is 2.31. The molecule has 0 atom stereocenters. The van der Waals surface area contributed by atoms with Gasteiger partial charge in [-0.2, -0.15) is 10.2 Å². The molecule has 1 aliphatic carbocycles. The van der Waals surface area contributed by atoms with Gasteiger partial charge in [-0.1, -0.05) is 18.9 Å².